The Labute approximate surface area is 179 Å². The second-order valence-electron chi connectivity index (χ2n) is 7.64. The minimum atomic E-state index is -5.02. The SMILES string of the molecule is CCOC(=O)C(C)(COSc1cc(C(F)(F)F)cc(C(F)(F)F)c1)C(=O)OC(C)(C)C. The average molecular weight is 476 g/mol. The van der Waals surface area contributed by atoms with Crippen molar-refractivity contribution in [2.24, 2.45) is 5.41 Å². The minimum Gasteiger partial charge on any atom is -0.465 e. The van der Waals surface area contributed by atoms with Crippen LogP contribution in [0.4, 0.5) is 26.3 Å². The summed E-state index contributed by atoms with van der Waals surface area (Å²) in [5.74, 6) is -2.02. The highest BCUT2D eigenvalue weighted by Crippen LogP contribution is 2.39. The third-order valence-electron chi connectivity index (χ3n) is 3.64. The number of ether oxygens (including phenoxy) is 2. The second-order valence-corrected chi connectivity index (χ2v) is 8.52. The number of rotatable bonds is 7. The first-order chi connectivity index (χ1) is 13.9. The molecule has 0 N–H and O–H groups in total. The molecule has 0 fully saturated rings. The van der Waals surface area contributed by atoms with E-state index in [2.05, 4.69) is 0 Å². The topological polar surface area (TPSA) is 61.8 Å². The number of hydrogen-bond donors (Lipinski definition) is 0. The van der Waals surface area contributed by atoms with E-state index < -0.39 is 57.9 Å². The Bertz CT molecular complexity index is 768. The summed E-state index contributed by atoms with van der Waals surface area (Å²) in [4.78, 5) is 24.3. The predicted molar refractivity (Wildman–Crippen MR) is 98.8 cm³/mol. The number of carbonyl (C=O) groups excluding carboxylic acids is 2. The highest BCUT2D eigenvalue weighted by Gasteiger charge is 2.46. The van der Waals surface area contributed by atoms with Gasteiger partial charge < -0.3 is 13.7 Å². The summed E-state index contributed by atoms with van der Waals surface area (Å²) in [7, 11) is 0. The molecule has 0 saturated carbocycles. The fourth-order valence-corrected chi connectivity index (χ4v) is 2.85. The van der Waals surface area contributed by atoms with Crippen LogP contribution in [0.2, 0.25) is 0 Å². The van der Waals surface area contributed by atoms with Gasteiger partial charge in [0.2, 0.25) is 0 Å². The van der Waals surface area contributed by atoms with Crippen LogP contribution in [0.15, 0.2) is 23.1 Å². The molecule has 0 aliphatic rings. The van der Waals surface area contributed by atoms with Crippen molar-refractivity contribution in [2.45, 2.75) is 57.5 Å². The summed E-state index contributed by atoms with van der Waals surface area (Å²) in [5, 5.41) is 0. The summed E-state index contributed by atoms with van der Waals surface area (Å²) < 4.78 is 92.9. The van der Waals surface area contributed by atoms with Gasteiger partial charge in [0.15, 0.2) is 5.41 Å². The highest BCUT2D eigenvalue weighted by molar-refractivity contribution is 7.94. The number of alkyl halides is 6. The van der Waals surface area contributed by atoms with Gasteiger partial charge in [0.25, 0.3) is 0 Å². The maximum absolute atomic E-state index is 13.0. The Morgan fingerprint density at radius 3 is 1.74 bits per heavy atom. The molecule has 0 aliphatic carbocycles. The Balaban J connectivity index is 3.13. The van der Waals surface area contributed by atoms with Crippen LogP contribution in [0.5, 0.6) is 0 Å². The van der Waals surface area contributed by atoms with E-state index in [1.807, 2.05) is 0 Å². The summed E-state index contributed by atoms with van der Waals surface area (Å²) in [6.07, 6.45) is -10.0. The van der Waals surface area contributed by atoms with E-state index in [1.54, 1.807) is 20.8 Å². The van der Waals surface area contributed by atoms with Gasteiger partial charge in [-0.25, -0.2) is 0 Å². The van der Waals surface area contributed by atoms with Gasteiger partial charge in [-0.05, 0) is 52.8 Å². The molecule has 31 heavy (non-hydrogen) atoms. The monoisotopic (exact) mass is 476 g/mol. The lowest BCUT2D eigenvalue weighted by atomic mass is 9.92. The van der Waals surface area contributed by atoms with Crippen LogP contribution in [0.25, 0.3) is 0 Å². The maximum atomic E-state index is 13.0. The van der Waals surface area contributed by atoms with Crippen molar-refractivity contribution in [3.05, 3.63) is 29.3 Å². The van der Waals surface area contributed by atoms with Gasteiger partial charge in [-0.3, -0.25) is 9.59 Å². The molecule has 1 atom stereocenters. The smallest absolute Gasteiger partial charge is 0.416 e. The highest BCUT2D eigenvalue weighted by atomic mass is 32.2. The van der Waals surface area contributed by atoms with Gasteiger partial charge in [0.05, 0.1) is 24.3 Å². The quantitative estimate of drug-likeness (QED) is 0.219. The predicted octanol–water partition coefficient (Wildman–Crippen LogP) is 5.66. The first-order valence-electron chi connectivity index (χ1n) is 8.90. The summed E-state index contributed by atoms with van der Waals surface area (Å²) in [6.45, 7) is 6.49. The molecule has 5 nitrogen and oxygen atoms in total. The molecule has 0 aromatic heterocycles. The van der Waals surface area contributed by atoms with Gasteiger partial charge >= 0.3 is 24.3 Å². The fourth-order valence-electron chi connectivity index (χ4n) is 2.07. The number of benzene rings is 1. The van der Waals surface area contributed by atoms with E-state index in [1.165, 1.54) is 6.92 Å². The Morgan fingerprint density at radius 1 is 0.871 bits per heavy atom. The van der Waals surface area contributed by atoms with Crippen molar-refractivity contribution in [3.8, 4) is 0 Å². The van der Waals surface area contributed by atoms with Crippen LogP contribution in [-0.4, -0.2) is 30.8 Å². The molecule has 0 aliphatic heterocycles. The number of hydrogen-bond acceptors (Lipinski definition) is 6. The van der Waals surface area contributed by atoms with Gasteiger partial charge in [-0.2, -0.15) is 26.3 Å². The molecule has 12 heteroatoms. The molecule has 0 heterocycles. The lowest BCUT2D eigenvalue weighted by molar-refractivity contribution is -0.180. The summed E-state index contributed by atoms with van der Waals surface area (Å²) >= 11 is 0.163. The van der Waals surface area contributed by atoms with E-state index in [9.17, 15) is 35.9 Å². The molecule has 0 radical (unpaired) electrons. The van der Waals surface area contributed by atoms with Crippen molar-refractivity contribution < 1.29 is 49.6 Å². The summed E-state index contributed by atoms with van der Waals surface area (Å²) in [6, 6.07) is 0.914. The number of carbonyl (C=O) groups is 2. The Kier molecular flexibility index (Phi) is 8.46. The number of halogens is 6. The molecule has 1 aromatic carbocycles. The van der Waals surface area contributed by atoms with Crippen LogP contribution in [0.3, 0.4) is 0 Å². The standard InChI is InChI=1S/C19H22F6O5S/c1-6-28-14(26)17(5,15(27)30-16(2,3)4)10-29-31-13-8-11(18(20,21)22)7-12(9-13)19(23,24)25/h7-9H,6,10H2,1-5H3. The first-order valence-corrected chi connectivity index (χ1v) is 9.64. The molecule has 1 unspecified atom stereocenters. The normalized spacial score (nSPS) is 14.7. The molecular formula is C19H22F6O5S. The van der Waals surface area contributed by atoms with E-state index in [0.29, 0.717) is 12.1 Å². The van der Waals surface area contributed by atoms with Crippen molar-refractivity contribution in [2.75, 3.05) is 13.2 Å². The van der Waals surface area contributed by atoms with Gasteiger partial charge in [-0.1, -0.05) is 0 Å². The average Bonchev–Trinajstić information content (AvgIpc) is 2.58. The zero-order valence-corrected chi connectivity index (χ0v) is 18.2. The first kappa shape index (κ1) is 27.1. The van der Waals surface area contributed by atoms with Gasteiger partial charge in [0.1, 0.15) is 5.60 Å². The van der Waals surface area contributed by atoms with Gasteiger partial charge in [-0.15, -0.1) is 0 Å². The van der Waals surface area contributed by atoms with Crippen molar-refractivity contribution in [3.63, 3.8) is 0 Å². The zero-order chi connectivity index (χ0) is 24.3. The van der Waals surface area contributed by atoms with Crippen LogP contribution in [0, 0.1) is 5.41 Å². The molecule has 0 spiro atoms. The van der Waals surface area contributed by atoms with E-state index in [4.69, 9.17) is 13.7 Å². The zero-order valence-electron chi connectivity index (χ0n) is 17.4. The van der Waals surface area contributed by atoms with E-state index in [-0.39, 0.29) is 24.7 Å². The van der Waals surface area contributed by atoms with Crippen LogP contribution in [-0.2, 0) is 35.6 Å². The van der Waals surface area contributed by atoms with Crippen molar-refractivity contribution in [1.29, 1.82) is 0 Å². The van der Waals surface area contributed by atoms with Crippen LogP contribution < -0.4 is 0 Å². The van der Waals surface area contributed by atoms with E-state index in [0.717, 1.165) is 6.92 Å². The Hall–Kier alpha value is -1.95. The lowest BCUT2D eigenvalue weighted by Gasteiger charge is -2.29. The third kappa shape index (κ3) is 7.91. The second kappa shape index (κ2) is 9.68. The summed E-state index contributed by atoms with van der Waals surface area (Å²) in [5.41, 5.74) is -6.01. The molecule has 1 aromatic rings. The minimum absolute atomic E-state index is 0.0203. The molecule has 0 bridgehead atoms. The molecule has 176 valence electrons. The van der Waals surface area contributed by atoms with Crippen molar-refractivity contribution >= 4 is 24.0 Å². The fraction of sp³-hybridized carbons (Fsp3) is 0.579. The molecular weight excluding hydrogens is 454 g/mol. The molecule has 0 amide bonds. The van der Waals surface area contributed by atoms with E-state index >= 15 is 0 Å². The Morgan fingerprint density at radius 2 is 1.35 bits per heavy atom. The molecule has 1 rings (SSSR count). The lowest BCUT2D eigenvalue weighted by Crippen LogP contribution is -2.45. The van der Waals surface area contributed by atoms with Gasteiger partial charge in [0, 0.05) is 16.9 Å². The molecule has 0 saturated heterocycles. The third-order valence-corrected chi connectivity index (χ3v) is 4.30. The number of esters is 2. The van der Waals surface area contributed by atoms with Crippen molar-refractivity contribution in [1.82, 2.24) is 0 Å². The largest absolute Gasteiger partial charge is 0.465 e. The maximum Gasteiger partial charge on any atom is 0.416 e. The van der Waals surface area contributed by atoms with Crippen LogP contribution in [0.1, 0.15) is 45.7 Å². The van der Waals surface area contributed by atoms with Crippen LogP contribution >= 0.6 is 12.0 Å².